The van der Waals surface area contributed by atoms with Crippen LogP contribution in [0.4, 0.5) is 10.5 Å². The summed E-state index contributed by atoms with van der Waals surface area (Å²) >= 11 is 1.09. The molecule has 7 nitrogen and oxygen atoms in total. The molecule has 0 radical (unpaired) electrons. The lowest BCUT2D eigenvalue weighted by molar-refractivity contribution is -0.117. The third kappa shape index (κ3) is 6.18. The van der Waals surface area contributed by atoms with Crippen molar-refractivity contribution in [1.29, 1.82) is 0 Å². The quantitative estimate of drug-likeness (QED) is 0.543. The average molecular weight is 425 g/mol. The van der Waals surface area contributed by atoms with Crippen molar-refractivity contribution in [3.05, 3.63) is 71.1 Å². The van der Waals surface area contributed by atoms with Crippen LogP contribution in [-0.4, -0.2) is 27.9 Å². The summed E-state index contributed by atoms with van der Waals surface area (Å²) in [6.45, 7) is 5.96. The molecule has 1 unspecified atom stereocenters. The molecule has 1 heterocycles. The number of rotatable bonds is 7. The van der Waals surface area contributed by atoms with Crippen molar-refractivity contribution in [2.45, 2.75) is 38.3 Å². The van der Waals surface area contributed by atoms with Gasteiger partial charge in [0.15, 0.2) is 0 Å². The maximum Gasteiger partial charge on any atom is 0.325 e. The van der Waals surface area contributed by atoms with Gasteiger partial charge in [0.1, 0.15) is 0 Å². The van der Waals surface area contributed by atoms with Crippen LogP contribution < -0.4 is 10.6 Å². The number of urea groups is 1. The van der Waals surface area contributed by atoms with E-state index in [1.807, 2.05) is 44.2 Å². The molecule has 0 aliphatic carbocycles. The molecule has 2 N–H and O–H groups in total. The number of hydrogen-bond donors (Lipinski definition) is 2. The maximum atomic E-state index is 12.0. The summed E-state index contributed by atoms with van der Waals surface area (Å²) in [4.78, 5) is 24.1. The average Bonchev–Trinajstić information content (AvgIpc) is 3.16. The van der Waals surface area contributed by atoms with Gasteiger partial charge < -0.3 is 9.73 Å². The molecule has 0 bridgehead atoms. The van der Waals surface area contributed by atoms with Crippen molar-refractivity contribution in [3.8, 4) is 0 Å². The van der Waals surface area contributed by atoms with E-state index in [0.717, 1.165) is 22.9 Å². The van der Waals surface area contributed by atoms with Crippen LogP contribution in [0, 0.1) is 13.8 Å². The smallest absolute Gasteiger partial charge is 0.325 e. The van der Waals surface area contributed by atoms with Crippen molar-refractivity contribution in [2.75, 3.05) is 11.1 Å². The summed E-state index contributed by atoms with van der Waals surface area (Å²) in [6, 6.07) is 15.2. The Morgan fingerprint density at radius 1 is 1.10 bits per heavy atom. The Labute approximate surface area is 179 Å². The Kier molecular flexibility index (Phi) is 7.24. The highest BCUT2D eigenvalue weighted by molar-refractivity contribution is 7.99. The van der Waals surface area contributed by atoms with E-state index < -0.39 is 11.9 Å². The second-order valence-electron chi connectivity index (χ2n) is 7.09. The first-order valence-corrected chi connectivity index (χ1v) is 10.6. The first kappa shape index (κ1) is 21.6. The molecule has 3 rings (SSSR count). The number of hydrogen-bond acceptors (Lipinski definition) is 6. The molecular formula is C22H24N4O3S. The lowest BCUT2D eigenvalue weighted by atomic mass is 9.98. The van der Waals surface area contributed by atoms with Crippen LogP contribution in [0.2, 0.25) is 0 Å². The SMILES string of the molecule is Cc1ccc(NC(=O)NC(=O)CSc2nnc(CC(C)c3ccccc3)o2)c(C)c1. The molecule has 0 fully saturated rings. The van der Waals surface area contributed by atoms with E-state index in [1.54, 1.807) is 6.07 Å². The Bertz CT molecular complexity index is 1020. The molecule has 1 aromatic heterocycles. The molecule has 3 amide bonds. The van der Waals surface area contributed by atoms with Gasteiger partial charge in [-0.3, -0.25) is 10.1 Å². The second kappa shape index (κ2) is 10.1. The van der Waals surface area contributed by atoms with Gasteiger partial charge in [-0.25, -0.2) is 4.79 Å². The topological polar surface area (TPSA) is 97.1 Å². The molecule has 1 atom stereocenters. The van der Waals surface area contributed by atoms with Crippen molar-refractivity contribution in [1.82, 2.24) is 15.5 Å². The Hall–Kier alpha value is -3.13. The van der Waals surface area contributed by atoms with Crippen LogP contribution in [0.25, 0.3) is 0 Å². The van der Waals surface area contributed by atoms with E-state index in [9.17, 15) is 9.59 Å². The number of carbonyl (C=O) groups is 2. The van der Waals surface area contributed by atoms with Crippen molar-refractivity contribution in [2.24, 2.45) is 0 Å². The lowest BCUT2D eigenvalue weighted by Gasteiger charge is -2.09. The first-order chi connectivity index (χ1) is 14.4. The number of nitrogens with one attached hydrogen (secondary N) is 2. The van der Waals surface area contributed by atoms with Gasteiger partial charge in [0.05, 0.1) is 5.75 Å². The Balaban J connectivity index is 1.45. The summed E-state index contributed by atoms with van der Waals surface area (Å²) in [7, 11) is 0. The van der Waals surface area contributed by atoms with E-state index in [1.165, 1.54) is 5.56 Å². The summed E-state index contributed by atoms with van der Waals surface area (Å²) < 4.78 is 5.61. The third-order valence-electron chi connectivity index (χ3n) is 4.51. The van der Waals surface area contributed by atoms with Crippen molar-refractivity contribution in [3.63, 3.8) is 0 Å². The van der Waals surface area contributed by atoms with E-state index >= 15 is 0 Å². The van der Waals surface area contributed by atoms with Gasteiger partial charge in [0.2, 0.25) is 11.8 Å². The number of anilines is 1. The number of aromatic nitrogens is 2. The summed E-state index contributed by atoms with van der Waals surface area (Å²) in [6.07, 6.45) is 0.613. The highest BCUT2D eigenvalue weighted by atomic mass is 32.2. The number of amides is 3. The minimum Gasteiger partial charge on any atom is -0.416 e. The summed E-state index contributed by atoms with van der Waals surface area (Å²) in [5, 5.41) is 13.3. The highest BCUT2D eigenvalue weighted by Crippen LogP contribution is 2.22. The number of imide groups is 1. The Morgan fingerprint density at radius 3 is 2.60 bits per heavy atom. The Morgan fingerprint density at radius 2 is 1.87 bits per heavy atom. The van der Waals surface area contributed by atoms with E-state index in [4.69, 9.17) is 4.42 Å². The summed E-state index contributed by atoms with van der Waals surface area (Å²) in [5.41, 5.74) is 3.88. The molecule has 0 aliphatic rings. The van der Waals surface area contributed by atoms with Crippen LogP contribution in [0.1, 0.15) is 35.4 Å². The predicted octanol–water partition coefficient (Wildman–Crippen LogP) is 4.47. The minimum absolute atomic E-state index is 0.00380. The molecule has 0 spiro atoms. The molecule has 2 aromatic carbocycles. The molecule has 0 saturated heterocycles. The lowest BCUT2D eigenvalue weighted by Crippen LogP contribution is -2.35. The third-order valence-corrected chi connectivity index (χ3v) is 5.33. The van der Waals surface area contributed by atoms with Gasteiger partial charge >= 0.3 is 6.03 Å². The predicted molar refractivity (Wildman–Crippen MR) is 117 cm³/mol. The van der Waals surface area contributed by atoms with Crippen LogP contribution in [-0.2, 0) is 11.2 Å². The molecule has 156 valence electrons. The zero-order valence-corrected chi connectivity index (χ0v) is 18.0. The van der Waals surface area contributed by atoms with Crippen molar-refractivity contribution >= 4 is 29.4 Å². The van der Waals surface area contributed by atoms with E-state index in [0.29, 0.717) is 23.2 Å². The van der Waals surface area contributed by atoms with Gasteiger partial charge in [-0.15, -0.1) is 10.2 Å². The largest absolute Gasteiger partial charge is 0.416 e. The van der Waals surface area contributed by atoms with Crippen LogP contribution in [0.15, 0.2) is 58.2 Å². The fourth-order valence-electron chi connectivity index (χ4n) is 2.94. The number of aryl methyl sites for hydroxylation is 2. The first-order valence-electron chi connectivity index (χ1n) is 9.59. The monoisotopic (exact) mass is 424 g/mol. The summed E-state index contributed by atoms with van der Waals surface area (Å²) in [5.74, 6) is 0.305. The standard InChI is InChI=1S/C22H24N4O3S/c1-14-9-10-18(16(3)11-14)23-21(28)24-19(27)13-30-22-26-25-20(29-22)12-15(2)17-7-5-4-6-8-17/h4-11,15H,12-13H2,1-3H3,(H2,23,24,27,28). The van der Waals surface area contributed by atoms with E-state index in [-0.39, 0.29) is 11.7 Å². The second-order valence-corrected chi connectivity index (χ2v) is 8.01. The number of benzene rings is 2. The van der Waals surface area contributed by atoms with Crippen LogP contribution in [0.3, 0.4) is 0 Å². The van der Waals surface area contributed by atoms with Crippen LogP contribution >= 0.6 is 11.8 Å². The molecule has 3 aromatic rings. The maximum absolute atomic E-state index is 12.0. The molecule has 30 heavy (non-hydrogen) atoms. The number of nitrogens with zero attached hydrogens (tertiary/aromatic N) is 2. The fraction of sp³-hybridized carbons (Fsp3) is 0.273. The number of thioether (sulfide) groups is 1. The molecule has 0 aliphatic heterocycles. The van der Waals surface area contributed by atoms with Gasteiger partial charge in [0.25, 0.3) is 5.22 Å². The number of carbonyl (C=O) groups excluding carboxylic acids is 2. The van der Waals surface area contributed by atoms with Crippen LogP contribution in [0.5, 0.6) is 0 Å². The van der Waals surface area contributed by atoms with Gasteiger partial charge in [0, 0.05) is 12.1 Å². The van der Waals surface area contributed by atoms with Gasteiger partial charge in [-0.2, -0.15) is 0 Å². The zero-order chi connectivity index (χ0) is 21.5. The molecule has 8 heteroatoms. The van der Waals surface area contributed by atoms with Crippen molar-refractivity contribution < 1.29 is 14.0 Å². The van der Waals surface area contributed by atoms with Gasteiger partial charge in [-0.05, 0) is 37.0 Å². The van der Waals surface area contributed by atoms with E-state index in [2.05, 4.69) is 39.9 Å². The molecular weight excluding hydrogens is 400 g/mol. The highest BCUT2D eigenvalue weighted by Gasteiger charge is 2.15. The minimum atomic E-state index is -0.574. The molecule has 0 saturated carbocycles. The fourth-order valence-corrected chi connectivity index (χ4v) is 3.52. The normalized spacial score (nSPS) is 11.7. The van der Waals surface area contributed by atoms with Gasteiger partial charge in [-0.1, -0.05) is 66.7 Å². The zero-order valence-electron chi connectivity index (χ0n) is 17.1.